The van der Waals surface area contributed by atoms with Crippen LogP contribution in [-0.4, -0.2) is 51.7 Å². The highest BCUT2D eigenvalue weighted by Gasteiger charge is 2.20. The van der Waals surface area contributed by atoms with E-state index in [9.17, 15) is 9.59 Å². The third-order valence-corrected chi connectivity index (χ3v) is 2.49. The summed E-state index contributed by atoms with van der Waals surface area (Å²) < 4.78 is 4.79. The number of carbonyl (C=O) groups excluding carboxylic acids is 2. The normalized spacial score (nSPS) is 14.4. The maximum Gasteiger partial charge on any atom is 0.239 e. The molecule has 17 heavy (non-hydrogen) atoms. The van der Waals surface area contributed by atoms with Gasteiger partial charge < -0.3 is 20.7 Å². The van der Waals surface area contributed by atoms with Crippen molar-refractivity contribution in [2.24, 2.45) is 5.92 Å². The van der Waals surface area contributed by atoms with Crippen LogP contribution in [-0.2, 0) is 14.3 Å². The van der Waals surface area contributed by atoms with Crippen molar-refractivity contribution in [3.63, 3.8) is 0 Å². The minimum Gasteiger partial charge on any atom is -0.383 e. The minimum atomic E-state index is -0.197. The molecule has 0 aromatic rings. The van der Waals surface area contributed by atoms with E-state index in [0.29, 0.717) is 13.2 Å². The minimum absolute atomic E-state index is 0.0215. The fourth-order valence-corrected chi connectivity index (χ4v) is 1.31. The van der Waals surface area contributed by atoms with Crippen LogP contribution in [0.25, 0.3) is 0 Å². The Kier molecular flexibility index (Phi) is 6.57. The molecule has 1 saturated carbocycles. The molecule has 1 fully saturated rings. The van der Waals surface area contributed by atoms with Crippen LogP contribution in [0.3, 0.4) is 0 Å². The molecule has 0 spiro atoms. The number of methoxy groups -OCH3 is 1. The van der Waals surface area contributed by atoms with E-state index in [1.807, 2.05) is 0 Å². The average molecular weight is 243 g/mol. The summed E-state index contributed by atoms with van der Waals surface area (Å²) in [7, 11) is 1.57. The topological polar surface area (TPSA) is 79.5 Å². The molecule has 0 saturated heterocycles. The van der Waals surface area contributed by atoms with E-state index in [1.165, 1.54) is 12.8 Å². The van der Waals surface area contributed by atoms with Gasteiger partial charge in [0, 0.05) is 13.7 Å². The van der Waals surface area contributed by atoms with Crippen molar-refractivity contribution >= 4 is 11.8 Å². The number of ether oxygens (including phenoxy) is 1. The van der Waals surface area contributed by atoms with Gasteiger partial charge in [0.25, 0.3) is 0 Å². The summed E-state index contributed by atoms with van der Waals surface area (Å²) >= 11 is 0. The first-order valence-electron chi connectivity index (χ1n) is 5.95. The zero-order valence-electron chi connectivity index (χ0n) is 10.3. The first kappa shape index (κ1) is 13.9. The fourth-order valence-electron chi connectivity index (χ4n) is 1.31. The first-order valence-corrected chi connectivity index (χ1v) is 5.95. The summed E-state index contributed by atoms with van der Waals surface area (Å²) in [5, 5.41) is 8.23. The number of hydrogen-bond donors (Lipinski definition) is 3. The Hall–Kier alpha value is -1.14. The predicted molar refractivity (Wildman–Crippen MR) is 63.5 cm³/mol. The largest absolute Gasteiger partial charge is 0.383 e. The Morgan fingerprint density at radius 2 is 1.88 bits per heavy atom. The third kappa shape index (κ3) is 7.70. The highest BCUT2D eigenvalue weighted by molar-refractivity contribution is 5.85. The van der Waals surface area contributed by atoms with E-state index >= 15 is 0 Å². The smallest absolute Gasteiger partial charge is 0.239 e. The molecule has 1 aliphatic carbocycles. The van der Waals surface area contributed by atoms with Gasteiger partial charge in [0.1, 0.15) is 0 Å². The first-order chi connectivity index (χ1) is 8.22. The molecule has 0 atom stereocenters. The summed E-state index contributed by atoms with van der Waals surface area (Å²) in [5.74, 6) is 0.408. The highest BCUT2D eigenvalue weighted by Crippen LogP contribution is 2.27. The Balaban J connectivity index is 1.92. The Bertz CT molecular complexity index is 254. The van der Waals surface area contributed by atoms with E-state index in [4.69, 9.17) is 4.74 Å². The van der Waals surface area contributed by atoms with Crippen LogP contribution in [0.15, 0.2) is 0 Å². The molecule has 1 aliphatic rings. The van der Waals surface area contributed by atoms with Gasteiger partial charge in [-0.3, -0.25) is 9.59 Å². The van der Waals surface area contributed by atoms with Crippen molar-refractivity contribution in [1.29, 1.82) is 0 Å². The van der Waals surface area contributed by atoms with Crippen molar-refractivity contribution in [3.05, 3.63) is 0 Å². The second kappa shape index (κ2) is 8.03. The van der Waals surface area contributed by atoms with Crippen LogP contribution in [0.4, 0.5) is 0 Å². The lowest BCUT2D eigenvalue weighted by molar-refractivity contribution is -0.125. The molecule has 3 N–H and O–H groups in total. The Morgan fingerprint density at radius 3 is 2.53 bits per heavy atom. The maximum atomic E-state index is 11.3. The highest BCUT2D eigenvalue weighted by atomic mass is 16.5. The van der Waals surface area contributed by atoms with Crippen LogP contribution in [0.2, 0.25) is 0 Å². The monoisotopic (exact) mass is 243 g/mol. The fraction of sp³-hybridized carbons (Fsp3) is 0.818. The summed E-state index contributed by atoms with van der Waals surface area (Å²) in [6, 6.07) is 0. The van der Waals surface area contributed by atoms with Crippen molar-refractivity contribution in [2.45, 2.75) is 12.8 Å². The molecule has 0 aromatic carbocycles. The van der Waals surface area contributed by atoms with Crippen LogP contribution in [0.5, 0.6) is 0 Å². The van der Waals surface area contributed by atoms with Crippen molar-refractivity contribution < 1.29 is 14.3 Å². The molecule has 0 bridgehead atoms. The summed E-state index contributed by atoms with van der Waals surface area (Å²) in [6.07, 6.45) is 2.52. The number of rotatable bonds is 9. The van der Waals surface area contributed by atoms with Crippen LogP contribution < -0.4 is 16.0 Å². The molecule has 98 valence electrons. The van der Waals surface area contributed by atoms with Gasteiger partial charge in [-0.1, -0.05) is 0 Å². The van der Waals surface area contributed by atoms with Gasteiger partial charge >= 0.3 is 0 Å². The second-order valence-corrected chi connectivity index (χ2v) is 4.19. The molecule has 1 rings (SSSR count). The van der Waals surface area contributed by atoms with Gasteiger partial charge in [-0.2, -0.15) is 0 Å². The maximum absolute atomic E-state index is 11.3. The standard InChI is InChI=1S/C11H21N3O3/c1-17-5-4-13-11(16)8-14-10(15)7-12-6-9-2-3-9/h9,12H,2-8H2,1H3,(H,13,16)(H,14,15). The lowest BCUT2D eigenvalue weighted by Crippen LogP contribution is -2.41. The van der Waals surface area contributed by atoms with Crippen molar-refractivity contribution in [1.82, 2.24) is 16.0 Å². The van der Waals surface area contributed by atoms with Crippen molar-refractivity contribution in [2.75, 3.05) is 39.9 Å². The lowest BCUT2D eigenvalue weighted by Gasteiger charge is -2.07. The van der Waals surface area contributed by atoms with E-state index < -0.39 is 0 Å². The molecule has 0 heterocycles. The van der Waals surface area contributed by atoms with Gasteiger partial charge in [-0.05, 0) is 25.3 Å². The lowest BCUT2D eigenvalue weighted by atomic mass is 10.4. The van der Waals surface area contributed by atoms with Crippen molar-refractivity contribution in [3.8, 4) is 0 Å². The van der Waals surface area contributed by atoms with Crippen LogP contribution in [0, 0.1) is 5.92 Å². The average Bonchev–Trinajstić information content (AvgIpc) is 3.11. The summed E-state index contributed by atoms with van der Waals surface area (Å²) in [4.78, 5) is 22.5. The molecule has 0 aliphatic heterocycles. The van der Waals surface area contributed by atoms with Gasteiger partial charge in [0.2, 0.25) is 11.8 Å². The van der Waals surface area contributed by atoms with E-state index in [-0.39, 0.29) is 24.9 Å². The van der Waals surface area contributed by atoms with E-state index in [1.54, 1.807) is 7.11 Å². The third-order valence-electron chi connectivity index (χ3n) is 2.49. The summed E-state index contributed by atoms with van der Waals surface area (Å²) in [6.45, 7) is 2.14. The summed E-state index contributed by atoms with van der Waals surface area (Å²) in [5.41, 5.74) is 0. The SMILES string of the molecule is COCCNC(=O)CNC(=O)CNCC1CC1. The molecule has 0 radical (unpaired) electrons. The molecular formula is C11H21N3O3. The molecule has 0 aromatic heterocycles. The zero-order chi connectivity index (χ0) is 12.5. The predicted octanol–water partition coefficient (Wildman–Crippen LogP) is -1.14. The molecular weight excluding hydrogens is 222 g/mol. The Morgan fingerprint density at radius 1 is 1.18 bits per heavy atom. The Labute approximate surface area is 101 Å². The second-order valence-electron chi connectivity index (χ2n) is 4.19. The van der Waals surface area contributed by atoms with Crippen LogP contribution in [0.1, 0.15) is 12.8 Å². The molecule has 2 amide bonds. The van der Waals surface area contributed by atoms with E-state index in [0.717, 1.165) is 12.5 Å². The van der Waals surface area contributed by atoms with Gasteiger partial charge in [-0.15, -0.1) is 0 Å². The van der Waals surface area contributed by atoms with Gasteiger partial charge in [-0.25, -0.2) is 0 Å². The van der Waals surface area contributed by atoms with Gasteiger partial charge in [0.05, 0.1) is 19.7 Å². The number of hydrogen-bond acceptors (Lipinski definition) is 4. The van der Waals surface area contributed by atoms with E-state index in [2.05, 4.69) is 16.0 Å². The molecule has 6 nitrogen and oxygen atoms in total. The molecule has 6 heteroatoms. The number of nitrogens with one attached hydrogen (secondary N) is 3. The van der Waals surface area contributed by atoms with Crippen LogP contribution >= 0.6 is 0 Å². The number of carbonyl (C=O) groups is 2. The number of amides is 2. The quantitative estimate of drug-likeness (QED) is 0.447. The van der Waals surface area contributed by atoms with Gasteiger partial charge in [0.15, 0.2) is 0 Å². The molecule has 0 unspecified atom stereocenters. The zero-order valence-corrected chi connectivity index (χ0v) is 10.3.